The van der Waals surface area contributed by atoms with Crippen molar-refractivity contribution in [3.8, 4) is 5.75 Å². The van der Waals surface area contributed by atoms with Crippen LogP contribution in [0.15, 0.2) is 54.6 Å². The van der Waals surface area contributed by atoms with Gasteiger partial charge in [-0.05, 0) is 36.6 Å². The summed E-state index contributed by atoms with van der Waals surface area (Å²) in [6.45, 7) is 4.37. The minimum Gasteiger partial charge on any atom is -0.491 e. The second-order valence-electron chi connectivity index (χ2n) is 7.79. The number of carboxylic acids is 1. The van der Waals surface area contributed by atoms with Gasteiger partial charge in [0.1, 0.15) is 24.6 Å². The molecule has 2 aromatic rings. The summed E-state index contributed by atoms with van der Waals surface area (Å²) in [5, 5.41) is 9.89. The first-order chi connectivity index (χ1) is 14.0. The maximum Gasteiger partial charge on any atom is 0.311 e. The lowest BCUT2D eigenvalue weighted by Gasteiger charge is -2.33. The van der Waals surface area contributed by atoms with Gasteiger partial charge in [-0.1, -0.05) is 42.5 Å². The maximum absolute atomic E-state index is 12.1. The highest BCUT2D eigenvalue weighted by atomic mass is 16.6. The molecule has 2 heterocycles. The zero-order chi connectivity index (χ0) is 20.3. The molecular formula is C23H26O6. The smallest absolute Gasteiger partial charge is 0.311 e. The third-order valence-electron chi connectivity index (χ3n) is 5.39. The fourth-order valence-corrected chi connectivity index (χ4v) is 3.38. The van der Waals surface area contributed by atoms with Gasteiger partial charge >= 0.3 is 5.97 Å². The van der Waals surface area contributed by atoms with Gasteiger partial charge in [0, 0.05) is 0 Å². The topological polar surface area (TPSA) is 80.8 Å². The molecule has 2 aromatic carbocycles. The van der Waals surface area contributed by atoms with E-state index in [1.807, 2.05) is 61.5 Å². The van der Waals surface area contributed by atoms with Crippen molar-refractivity contribution < 1.29 is 28.8 Å². The Morgan fingerprint density at radius 3 is 2.28 bits per heavy atom. The average molecular weight is 398 g/mol. The Morgan fingerprint density at radius 2 is 1.69 bits per heavy atom. The van der Waals surface area contributed by atoms with Crippen molar-refractivity contribution in [2.45, 2.75) is 37.1 Å². The van der Waals surface area contributed by atoms with E-state index in [9.17, 15) is 9.90 Å². The summed E-state index contributed by atoms with van der Waals surface area (Å²) in [5.41, 5.74) is 0.903. The Hall–Kier alpha value is -2.41. The van der Waals surface area contributed by atoms with Crippen molar-refractivity contribution in [2.75, 3.05) is 26.4 Å². The molecule has 4 atom stereocenters. The van der Waals surface area contributed by atoms with Gasteiger partial charge in [-0.25, -0.2) is 0 Å². The Labute approximate surface area is 170 Å². The number of hydrogen-bond acceptors (Lipinski definition) is 5. The van der Waals surface area contributed by atoms with Gasteiger partial charge in [-0.3, -0.25) is 4.79 Å². The van der Waals surface area contributed by atoms with Gasteiger partial charge in [-0.15, -0.1) is 0 Å². The highest BCUT2D eigenvalue weighted by Gasteiger charge is 2.37. The van der Waals surface area contributed by atoms with Crippen molar-refractivity contribution in [2.24, 2.45) is 0 Å². The molecule has 4 unspecified atom stereocenters. The number of aliphatic carboxylic acids is 1. The van der Waals surface area contributed by atoms with Crippen LogP contribution in [0.4, 0.5) is 0 Å². The maximum atomic E-state index is 12.1. The zero-order valence-electron chi connectivity index (χ0n) is 16.5. The molecule has 2 aliphatic heterocycles. The number of carboxylic acid groups (broad SMARTS) is 1. The number of hydrogen-bond donors (Lipinski definition) is 1. The van der Waals surface area contributed by atoms with E-state index in [1.54, 1.807) is 0 Å². The molecule has 0 spiro atoms. The monoisotopic (exact) mass is 398 g/mol. The van der Waals surface area contributed by atoms with E-state index in [2.05, 4.69) is 0 Å². The summed E-state index contributed by atoms with van der Waals surface area (Å²) in [5.74, 6) is -0.780. The van der Waals surface area contributed by atoms with Crippen LogP contribution in [0.2, 0.25) is 0 Å². The minimum absolute atomic E-state index is 0.0930. The van der Waals surface area contributed by atoms with Crippen LogP contribution in [0.25, 0.3) is 0 Å². The van der Waals surface area contributed by atoms with Crippen molar-refractivity contribution in [3.05, 3.63) is 65.7 Å². The molecule has 0 amide bonds. The van der Waals surface area contributed by atoms with Crippen molar-refractivity contribution in [1.82, 2.24) is 0 Å². The summed E-state index contributed by atoms with van der Waals surface area (Å²) >= 11 is 0. The zero-order valence-corrected chi connectivity index (χ0v) is 16.5. The Bertz CT molecular complexity index is 813. The van der Waals surface area contributed by atoms with Crippen molar-refractivity contribution in [1.29, 1.82) is 0 Å². The lowest BCUT2D eigenvalue weighted by molar-refractivity contribution is -0.141. The molecular weight excluding hydrogens is 372 g/mol. The summed E-state index contributed by atoms with van der Waals surface area (Å²) in [6.07, 6.45) is 0.606. The second kappa shape index (κ2) is 8.53. The summed E-state index contributed by atoms with van der Waals surface area (Å²) in [7, 11) is 0. The molecule has 0 bridgehead atoms. The van der Waals surface area contributed by atoms with Crippen molar-refractivity contribution in [3.63, 3.8) is 0 Å². The third kappa shape index (κ3) is 5.35. The van der Waals surface area contributed by atoms with Gasteiger partial charge in [0.25, 0.3) is 0 Å². The normalized spacial score (nSPS) is 23.1. The number of ether oxygens (including phenoxy) is 4. The van der Waals surface area contributed by atoms with Crippen LogP contribution in [-0.2, 0) is 24.6 Å². The van der Waals surface area contributed by atoms with E-state index in [4.69, 9.17) is 18.9 Å². The SMILES string of the molecule is CC(CC(C(=O)O)c1ccccc1)(OCC1CO1)c1ccc(OCC2CO2)cc1. The van der Waals surface area contributed by atoms with Gasteiger partial charge in [0.05, 0.1) is 31.3 Å². The molecule has 0 aromatic heterocycles. The van der Waals surface area contributed by atoms with Gasteiger partial charge in [0.2, 0.25) is 0 Å². The Kier molecular flexibility index (Phi) is 5.85. The molecule has 154 valence electrons. The van der Waals surface area contributed by atoms with E-state index in [0.29, 0.717) is 26.2 Å². The highest BCUT2D eigenvalue weighted by molar-refractivity contribution is 5.76. The molecule has 6 nitrogen and oxygen atoms in total. The first kappa shape index (κ1) is 19.9. The van der Waals surface area contributed by atoms with Crippen LogP contribution in [-0.4, -0.2) is 49.7 Å². The molecule has 29 heavy (non-hydrogen) atoms. The predicted molar refractivity (Wildman–Crippen MR) is 106 cm³/mol. The first-order valence-electron chi connectivity index (χ1n) is 9.92. The van der Waals surface area contributed by atoms with E-state index in [-0.39, 0.29) is 12.2 Å². The molecule has 2 saturated heterocycles. The second-order valence-corrected chi connectivity index (χ2v) is 7.79. The molecule has 4 rings (SSSR count). The summed E-state index contributed by atoms with van der Waals surface area (Å²) < 4.78 is 22.4. The molecule has 2 fully saturated rings. The van der Waals surface area contributed by atoms with Crippen LogP contribution in [0.3, 0.4) is 0 Å². The molecule has 0 saturated carbocycles. The van der Waals surface area contributed by atoms with Crippen LogP contribution < -0.4 is 4.74 Å². The highest BCUT2D eigenvalue weighted by Crippen LogP contribution is 2.38. The fraction of sp³-hybridized carbons (Fsp3) is 0.435. The minimum atomic E-state index is -0.863. The number of rotatable bonds is 11. The van der Waals surface area contributed by atoms with Crippen LogP contribution in [0.5, 0.6) is 5.75 Å². The van der Waals surface area contributed by atoms with E-state index in [0.717, 1.165) is 23.5 Å². The lowest BCUT2D eigenvalue weighted by Crippen LogP contribution is -2.32. The Balaban J connectivity index is 1.54. The third-order valence-corrected chi connectivity index (χ3v) is 5.39. The van der Waals surface area contributed by atoms with Crippen LogP contribution >= 0.6 is 0 Å². The van der Waals surface area contributed by atoms with Gasteiger partial charge < -0.3 is 24.1 Å². The standard InChI is InChI=1S/C23H26O6/c1-23(29-15-20-14-28-20,11-21(22(24)25)16-5-3-2-4-6-16)17-7-9-18(10-8-17)26-12-19-13-27-19/h2-10,19-21H,11-15H2,1H3,(H,24,25). The van der Waals surface area contributed by atoms with Crippen LogP contribution in [0.1, 0.15) is 30.4 Å². The molecule has 0 aliphatic carbocycles. The van der Waals surface area contributed by atoms with E-state index >= 15 is 0 Å². The summed E-state index contributed by atoms with van der Waals surface area (Å²) in [4.78, 5) is 12.1. The van der Waals surface area contributed by atoms with E-state index in [1.165, 1.54) is 0 Å². The van der Waals surface area contributed by atoms with Gasteiger partial charge in [-0.2, -0.15) is 0 Å². The van der Waals surface area contributed by atoms with Crippen LogP contribution in [0, 0.1) is 0 Å². The lowest BCUT2D eigenvalue weighted by atomic mass is 9.82. The number of epoxide rings is 2. The molecule has 0 radical (unpaired) electrons. The summed E-state index contributed by atoms with van der Waals surface area (Å²) in [6, 6.07) is 17.0. The number of carbonyl (C=O) groups is 1. The average Bonchev–Trinajstić information content (AvgIpc) is 3.64. The van der Waals surface area contributed by atoms with E-state index < -0.39 is 17.5 Å². The molecule has 2 aliphatic rings. The number of benzene rings is 2. The predicted octanol–water partition coefficient (Wildman–Crippen LogP) is 3.35. The fourth-order valence-electron chi connectivity index (χ4n) is 3.38. The molecule has 1 N–H and O–H groups in total. The van der Waals surface area contributed by atoms with Crippen molar-refractivity contribution >= 4 is 5.97 Å². The largest absolute Gasteiger partial charge is 0.491 e. The quantitative estimate of drug-likeness (QED) is 0.585. The molecule has 6 heteroatoms. The Morgan fingerprint density at radius 1 is 1.07 bits per heavy atom. The first-order valence-corrected chi connectivity index (χ1v) is 9.92. The van der Waals surface area contributed by atoms with Gasteiger partial charge in [0.15, 0.2) is 0 Å².